The molecule has 1 aliphatic heterocycles. The topological polar surface area (TPSA) is 69.6 Å². The molecule has 5 atom stereocenters. The van der Waals surface area contributed by atoms with E-state index in [0.717, 1.165) is 0 Å². The summed E-state index contributed by atoms with van der Waals surface area (Å²) >= 11 is 0. The first-order chi connectivity index (χ1) is 6.93. The molecule has 0 spiro atoms. The maximum atomic E-state index is 13.0. The van der Waals surface area contributed by atoms with E-state index in [9.17, 15) is 19.4 Å². The molecule has 1 rings (SSSR count). The van der Waals surface area contributed by atoms with Crippen LogP contribution >= 0.6 is 0 Å². The lowest BCUT2D eigenvalue weighted by molar-refractivity contribution is -0.122. The highest BCUT2D eigenvalue weighted by Gasteiger charge is 2.39. The number of aliphatic hydroxyl groups excluding tert-OH is 2. The summed E-state index contributed by atoms with van der Waals surface area (Å²) in [4.78, 5) is 10.9. The van der Waals surface area contributed by atoms with Gasteiger partial charge in [-0.15, -0.1) is 0 Å². The molecular weight excluding hydrogens is 201 g/mol. The van der Waals surface area contributed by atoms with E-state index in [-0.39, 0.29) is 18.1 Å². The average Bonchev–Trinajstić information content (AvgIpc) is 2.12. The predicted octanol–water partition coefficient (Wildman–Crippen LogP) is -0.367. The number of Topliss-reactive ketones (excluding diaryl/α,β-unsaturated/α-hetero) is 1. The SMILES string of the molecule is CC(=O)C[C@H]1CN[C@H](C(C)F)[C@@H](O)[C@@H]1O. The summed E-state index contributed by atoms with van der Waals surface area (Å²) in [6, 6.07) is -0.747. The third kappa shape index (κ3) is 2.96. The van der Waals surface area contributed by atoms with Crippen LogP contribution in [0.3, 0.4) is 0 Å². The molecule has 88 valence electrons. The van der Waals surface area contributed by atoms with Gasteiger partial charge in [-0.05, 0) is 13.8 Å². The first-order valence-corrected chi connectivity index (χ1v) is 5.16. The number of nitrogens with one attached hydrogen (secondary N) is 1. The van der Waals surface area contributed by atoms with Crippen molar-refractivity contribution in [3.63, 3.8) is 0 Å². The Balaban J connectivity index is 2.60. The van der Waals surface area contributed by atoms with E-state index < -0.39 is 24.4 Å². The fraction of sp³-hybridized carbons (Fsp3) is 0.900. The highest BCUT2D eigenvalue weighted by molar-refractivity contribution is 5.75. The summed E-state index contributed by atoms with van der Waals surface area (Å²) in [5, 5.41) is 22.1. The van der Waals surface area contributed by atoms with Crippen molar-refractivity contribution in [2.75, 3.05) is 6.54 Å². The van der Waals surface area contributed by atoms with E-state index in [1.165, 1.54) is 13.8 Å². The minimum absolute atomic E-state index is 0.0419. The summed E-state index contributed by atoms with van der Waals surface area (Å²) < 4.78 is 13.0. The third-order valence-electron chi connectivity index (χ3n) is 2.86. The largest absolute Gasteiger partial charge is 0.390 e. The lowest BCUT2D eigenvalue weighted by atomic mass is 9.84. The molecule has 5 heteroatoms. The molecule has 15 heavy (non-hydrogen) atoms. The second kappa shape index (κ2) is 5.01. The third-order valence-corrected chi connectivity index (χ3v) is 2.86. The van der Waals surface area contributed by atoms with Gasteiger partial charge in [0.1, 0.15) is 12.0 Å². The lowest BCUT2D eigenvalue weighted by Crippen LogP contribution is -2.60. The minimum Gasteiger partial charge on any atom is -0.390 e. The molecule has 3 N–H and O–H groups in total. The normalized spacial score (nSPS) is 38.7. The van der Waals surface area contributed by atoms with Crippen molar-refractivity contribution < 1.29 is 19.4 Å². The summed E-state index contributed by atoms with van der Waals surface area (Å²) in [5.74, 6) is -0.368. The zero-order chi connectivity index (χ0) is 11.6. The van der Waals surface area contributed by atoms with Crippen molar-refractivity contribution in [2.24, 2.45) is 5.92 Å². The van der Waals surface area contributed by atoms with Gasteiger partial charge in [-0.3, -0.25) is 0 Å². The van der Waals surface area contributed by atoms with Gasteiger partial charge in [0.2, 0.25) is 0 Å². The molecule has 1 fully saturated rings. The highest BCUT2D eigenvalue weighted by Crippen LogP contribution is 2.21. The van der Waals surface area contributed by atoms with Gasteiger partial charge in [0, 0.05) is 18.9 Å². The second-order valence-electron chi connectivity index (χ2n) is 4.26. The summed E-state index contributed by atoms with van der Waals surface area (Å²) in [5.41, 5.74) is 0. The van der Waals surface area contributed by atoms with Gasteiger partial charge >= 0.3 is 0 Å². The number of alkyl halides is 1. The van der Waals surface area contributed by atoms with Crippen molar-refractivity contribution in [2.45, 2.75) is 44.7 Å². The van der Waals surface area contributed by atoms with Crippen LogP contribution in [0, 0.1) is 5.92 Å². The molecule has 1 unspecified atom stereocenters. The van der Waals surface area contributed by atoms with E-state index in [4.69, 9.17) is 0 Å². The first kappa shape index (κ1) is 12.5. The van der Waals surface area contributed by atoms with Crippen LogP contribution in [0.5, 0.6) is 0 Å². The fourth-order valence-electron chi connectivity index (χ4n) is 2.02. The first-order valence-electron chi connectivity index (χ1n) is 5.16. The Bertz CT molecular complexity index is 235. The van der Waals surface area contributed by atoms with Crippen molar-refractivity contribution in [3.8, 4) is 0 Å². The number of ketones is 1. The van der Waals surface area contributed by atoms with Crippen LogP contribution in [0.15, 0.2) is 0 Å². The Kier molecular flexibility index (Phi) is 4.19. The molecule has 1 saturated heterocycles. The summed E-state index contributed by atoms with van der Waals surface area (Å²) in [6.07, 6.45) is -3.20. The molecule has 0 aliphatic carbocycles. The van der Waals surface area contributed by atoms with Crippen LogP contribution in [-0.4, -0.2) is 47.0 Å². The van der Waals surface area contributed by atoms with Gasteiger partial charge in [0.05, 0.1) is 18.2 Å². The van der Waals surface area contributed by atoms with E-state index in [2.05, 4.69) is 5.32 Å². The van der Waals surface area contributed by atoms with Crippen LogP contribution in [0.25, 0.3) is 0 Å². The monoisotopic (exact) mass is 219 g/mol. The van der Waals surface area contributed by atoms with E-state index >= 15 is 0 Å². The van der Waals surface area contributed by atoms with Crippen LogP contribution in [0.2, 0.25) is 0 Å². The molecular formula is C10H18FNO3. The van der Waals surface area contributed by atoms with Gasteiger partial charge in [0.15, 0.2) is 0 Å². The van der Waals surface area contributed by atoms with Crippen molar-refractivity contribution in [1.82, 2.24) is 5.32 Å². The van der Waals surface area contributed by atoms with Gasteiger partial charge in [-0.1, -0.05) is 0 Å². The minimum atomic E-state index is -1.23. The molecule has 0 aromatic carbocycles. The van der Waals surface area contributed by atoms with Crippen LogP contribution < -0.4 is 5.32 Å². The molecule has 0 saturated carbocycles. The van der Waals surface area contributed by atoms with Crippen LogP contribution in [0.4, 0.5) is 4.39 Å². The van der Waals surface area contributed by atoms with Gasteiger partial charge in [0.25, 0.3) is 0 Å². The van der Waals surface area contributed by atoms with Crippen LogP contribution in [-0.2, 0) is 4.79 Å². The van der Waals surface area contributed by atoms with Crippen molar-refractivity contribution >= 4 is 5.78 Å². The van der Waals surface area contributed by atoms with Gasteiger partial charge in [-0.2, -0.15) is 0 Å². The number of piperidine rings is 1. The lowest BCUT2D eigenvalue weighted by Gasteiger charge is -2.38. The number of hydrogen-bond acceptors (Lipinski definition) is 4. The smallest absolute Gasteiger partial charge is 0.130 e. The molecule has 0 radical (unpaired) electrons. The summed E-state index contributed by atoms with van der Waals surface area (Å²) in [6.45, 7) is 3.12. The number of aliphatic hydroxyl groups is 2. The molecule has 0 bridgehead atoms. The number of halogens is 1. The zero-order valence-corrected chi connectivity index (χ0v) is 8.98. The van der Waals surface area contributed by atoms with Gasteiger partial charge < -0.3 is 20.3 Å². The maximum Gasteiger partial charge on any atom is 0.130 e. The van der Waals surface area contributed by atoms with E-state index in [0.29, 0.717) is 6.54 Å². The number of carbonyl (C=O) groups excluding carboxylic acids is 1. The Hall–Kier alpha value is -0.520. The predicted molar refractivity (Wildman–Crippen MR) is 53.2 cm³/mol. The molecule has 0 amide bonds. The number of carbonyl (C=O) groups is 1. The Labute approximate surface area is 88.5 Å². The number of hydrogen-bond donors (Lipinski definition) is 3. The molecule has 1 heterocycles. The quantitative estimate of drug-likeness (QED) is 0.606. The van der Waals surface area contributed by atoms with E-state index in [1.54, 1.807) is 0 Å². The Morgan fingerprint density at radius 3 is 2.60 bits per heavy atom. The molecule has 0 aromatic rings. The average molecular weight is 219 g/mol. The number of rotatable bonds is 3. The van der Waals surface area contributed by atoms with E-state index in [1.807, 2.05) is 0 Å². The van der Waals surface area contributed by atoms with Crippen molar-refractivity contribution in [3.05, 3.63) is 0 Å². The second-order valence-corrected chi connectivity index (χ2v) is 4.26. The molecule has 0 aromatic heterocycles. The molecule has 4 nitrogen and oxygen atoms in total. The Morgan fingerprint density at radius 2 is 2.13 bits per heavy atom. The standard InChI is InChI=1S/C10H18FNO3/c1-5(13)3-7-4-12-8(6(2)11)10(15)9(7)14/h6-10,12,14-15H,3-4H2,1-2H3/t6?,7-,8+,9+,10+/m0/s1. The summed E-state index contributed by atoms with van der Waals surface area (Å²) in [7, 11) is 0. The Morgan fingerprint density at radius 1 is 1.53 bits per heavy atom. The molecule has 1 aliphatic rings. The fourth-order valence-corrected chi connectivity index (χ4v) is 2.02. The maximum absolute atomic E-state index is 13.0. The van der Waals surface area contributed by atoms with Gasteiger partial charge in [-0.25, -0.2) is 4.39 Å². The zero-order valence-electron chi connectivity index (χ0n) is 8.98. The highest BCUT2D eigenvalue weighted by atomic mass is 19.1. The van der Waals surface area contributed by atoms with Crippen molar-refractivity contribution in [1.29, 1.82) is 0 Å². The van der Waals surface area contributed by atoms with Crippen LogP contribution in [0.1, 0.15) is 20.3 Å².